The number of carbonyl (C=O) groups excluding carboxylic acids is 2. The number of ether oxygens (including phenoxy) is 2. The number of fused-ring (bicyclic) bond motifs is 1. The van der Waals surface area contributed by atoms with Gasteiger partial charge >= 0.3 is 5.97 Å². The van der Waals surface area contributed by atoms with Gasteiger partial charge in [0.2, 0.25) is 11.8 Å². The molecule has 1 unspecified atom stereocenters. The fourth-order valence-corrected chi connectivity index (χ4v) is 4.52. The molecule has 0 aromatic heterocycles. The first-order valence-corrected chi connectivity index (χ1v) is 9.88. The number of likely N-dealkylation sites (tertiary alicyclic amines) is 1. The summed E-state index contributed by atoms with van der Waals surface area (Å²) in [5.74, 6) is -0.702. The van der Waals surface area contributed by atoms with Crippen molar-refractivity contribution in [3.05, 3.63) is 30.3 Å². The molecule has 1 aromatic carbocycles. The number of benzene rings is 1. The maximum atomic E-state index is 12.7. The summed E-state index contributed by atoms with van der Waals surface area (Å²) in [6.45, 7) is 2.64. The van der Waals surface area contributed by atoms with Crippen LogP contribution in [0.1, 0.15) is 26.2 Å². The van der Waals surface area contributed by atoms with Crippen LogP contribution in [0.4, 0.5) is 0 Å². The fourth-order valence-electron chi connectivity index (χ4n) is 4.52. The normalized spacial score (nSPS) is 27.2. The fraction of sp³-hybridized carbons (Fsp3) is 0.571. The molecule has 1 aromatic rings. The number of hydrogen-bond acceptors (Lipinski definition) is 5. The largest absolute Gasteiger partial charge is 0.494 e. The molecule has 2 amide bonds. The quantitative estimate of drug-likeness (QED) is 0.570. The van der Waals surface area contributed by atoms with Gasteiger partial charge in [0, 0.05) is 25.0 Å². The third kappa shape index (κ3) is 4.37. The Morgan fingerprint density at radius 1 is 1.28 bits per heavy atom. The van der Waals surface area contributed by atoms with E-state index in [1.807, 2.05) is 37.3 Å². The van der Waals surface area contributed by atoms with Crippen molar-refractivity contribution in [2.45, 2.75) is 38.3 Å². The average Bonchev–Trinajstić information content (AvgIpc) is 3.09. The Morgan fingerprint density at radius 3 is 2.66 bits per heavy atom. The van der Waals surface area contributed by atoms with Crippen molar-refractivity contribution in [1.29, 1.82) is 0 Å². The third-order valence-electron chi connectivity index (χ3n) is 6.05. The molecule has 3 rings (SSSR count). The molecule has 2 N–H and O–H groups in total. The molecule has 4 atom stereocenters. The van der Waals surface area contributed by atoms with Crippen LogP contribution in [0, 0.1) is 11.3 Å². The van der Waals surface area contributed by atoms with Crippen LogP contribution < -0.4 is 10.1 Å². The molecule has 0 spiro atoms. The Hall–Kier alpha value is -2.61. The zero-order valence-electron chi connectivity index (χ0n) is 16.8. The van der Waals surface area contributed by atoms with Crippen LogP contribution in [-0.2, 0) is 19.1 Å². The SMILES string of the molecule is COC[C@@]12C[C@@H](C(=O)O)N(C(=O)CNC(=O)CCCOc3ccccc3)C1[C@H]2C. The van der Waals surface area contributed by atoms with Crippen LogP contribution in [0.3, 0.4) is 0 Å². The van der Waals surface area contributed by atoms with E-state index >= 15 is 0 Å². The van der Waals surface area contributed by atoms with Crippen LogP contribution in [-0.4, -0.2) is 66.7 Å². The van der Waals surface area contributed by atoms with Gasteiger partial charge in [-0.2, -0.15) is 0 Å². The van der Waals surface area contributed by atoms with E-state index in [-0.39, 0.29) is 42.2 Å². The number of nitrogens with one attached hydrogen (secondary N) is 1. The van der Waals surface area contributed by atoms with Crippen molar-refractivity contribution in [1.82, 2.24) is 10.2 Å². The lowest BCUT2D eigenvalue weighted by molar-refractivity contribution is -0.149. The molecule has 0 radical (unpaired) electrons. The van der Waals surface area contributed by atoms with E-state index in [1.54, 1.807) is 7.11 Å². The van der Waals surface area contributed by atoms with Crippen molar-refractivity contribution in [2.24, 2.45) is 11.3 Å². The summed E-state index contributed by atoms with van der Waals surface area (Å²) in [6, 6.07) is 8.32. The van der Waals surface area contributed by atoms with Crippen LogP contribution in [0.15, 0.2) is 30.3 Å². The molecule has 1 heterocycles. The topological polar surface area (TPSA) is 105 Å². The molecule has 1 saturated heterocycles. The van der Waals surface area contributed by atoms with Gasteiger partial charge in [0.1, 0.15) is 11.8 Å². The smallest absolute Gasteiger partial charge is 0.326 e. The van der Waals surface area contributed by atoms with E-state index < -0.39 is 12.0 Å². The van der Waals surface area contributed by atoms with Crippen molar-refractivity contribution >= 4 is 17.8 Å². The summed E-state index contributed by atoms with van der Waals surface area (Å²) in [7, 11) is 1.58. The number of hydrogen-bond donors (Lipinski definition) is 2. The Kier molecular flexibility index (Phi) is 6.42. The number of methoxy groups -OCH3 is 1. The first kappa shape index (κ1) is 21.1. The molecule has 2 aliphatic rings. The van der Waals surface area contributed by atoms with E-state index in [0.29, 0.717) is 26.1 Å². The average molecular weight is 404 g/mol. The summed E-state index contributed by atoms with van der Waals surface area (Å²) in [5.41, 5.74) is -0.285. The molecule has 0 bridgehead atoms. The minimum absolute atomic E-state index is 0.146. The van der Waals surface area contributed by atoms with Crippen LogP contribution >= 0.6 is 0 Å². The summed E-state index contributed by atoms with van der Waals surface area (Å²) in [6.07, 6.45) is 1.14. The molecule has 1 aliphatic carbocycles. The van der Waals surface area contributed by atoms with Crippen LogP contribution in [0.2, 0.25) is 0 Å². The maximum absolute atomic E-state index is 12.7. The van der Waals surface area contributed by atoms with E-state index in [4.69, 9.17) is 9.47 Å². The van der Waals surface area contributed by atoms with Gasteiger partial charge in [0.25, 0.3) is 0 Å². The predicted octanol–water partition coefficient (Wildman–Crippen LogP) is 1.30. The lowest BCUT2D eigenvalue weighted by atomic mass is 9.97. The number of carbonyl (C=O) groups is 3. The van der Waals surface area contributed by atoms with Crippen molar-refractivity contribution < 1.29 is 29.0 Å². The van der Waals surface area contributed by atoms with Gasteiger partial charge in [-0.05, 0) is 30.9 Å². The standard InChI is InChI=1S/C21H28N2O6/c1-14-19-21(14,13-28-2)11-16(20(26)27)23(19)18(25)12-22-17(24)9-6-10-29-15-7-4-3-5-8-15/h3-5,7-8,14,16,19H,6,9-13H2,1-2H3,(H,22,24)(H,26,27)/t14-,16+,19?,21-/m1/s1. The number of carboxylic acids is 1. The number of rotatable bonds is 10. The molecule has 158 valence electrons. The lowest BCUT2D eigenvalue weighted by Crippen LogP contribution is -2.48. The Bertz CT molecular complexity index is 755. The molecular formula is C21H28N2O6. The van der Waals surface area contributed by atoms with Gasteiger partial charge in [-0.1, -0.05) is 25.1 Å². The van der Waals surface area contributed by atoms with Gasteiger partial charge in [-0.15, -0.1) is 0 Å². The number of carboxylic acid groups (broad SMARTS) is 1. The first-order valence-electron chi connectivity index (χ1n) is 9.88. The number of nitrogens with zero attached hydrogens (tertiary/aromatic N) is 1. The zero-order chi connectivity index (χ0) is 21.0. The van der Waals surface area contributed by atoms with Crippen molar-refractivity contribution in [3.8, 4) is 5.75 Å². The van der Waals surface area contributed by atoms with Gasteiger partial charge < -0.3 is 24.8 Å². The molecule has 1 saturated carbocycles. The predicted molar refractivity (Wildman–Crippen MR) is 104 cm³/mol. The van der Waals surface area contributed by atoms with E-state index in [0.717, 1.165) is 5.75 Å². The number of aliphatic carboxylic acids is 1. The molecule has 1 aliphatic heterocycles. The monoisotopic (exact) mass is 404 g/mol. The molecule has 2 fully saturated rings. The van der Waals surface area contributed by atoms with Crippen molar-refractivity contribution in [3.63, 3.8) is 0 Å². The second-order valence-electron chi connectivity index (χ2n) is 7.80. The molecule has 8 nitrogen and oxygen atoms in total. The Labute approximate surface area is 170 Å². The summed E-state index contributed by atoms with van der Waals surface area (Å²) < 4.78 is 10.8. The minimum Gasteiger partial charge on any atom is -0.494 e. The number of para-hydroxylation sites is 1. The highest BCUT2D eigenvalue weighted by atomic mass is 16.5. The van der Waals surface area contributed by atoms with E-state index in [2.05, 4.69) is 5.32 Å². The van der Waals surface area contributed by atoms with Crippen molar-refractivity contribution in [2.75, 3.05) is 26.9 Å². The molecule has 8 heteroatoms. The highest BCUT2D eigenvalue weighted by Crippen LogP contribution is 2.64. The Morgan fingerprint density at radius 2 is 2.00 bits per heavy atom. The Balaban J connectivity index is 1.44. The maximum Gasteiger partial charge on any atom is 0.326 e. The second-order valence-corrected chi connectivity index (χ2v) is 7.80. The minimum atomic E-state index is -1.02. The van der Waals surface area contributed by atoms with Gasteiger partial charge in [-0.3, -0.25) is 9.59 Å². The van der Waals surface area contributed by atoms with Gasteiger partial charge in [0.15, 0.2) is 0 Å². The highest BCUT2D eigenvalue weighted by Gasteiger charge is 2.72. The highest BCUT2D eigenvalue weighted by molar-refractivity contribution is 5.89. The lowest BCUT2D eigenvalue weighted by Gasteiger charge is -2.26. The van der Waals surface area contributed by atoms with Crippen LogP contribution in [0.5, 0.6) is 5.75 Å². The number of piperidine rings is 1. The van der Waals surface area contributed by atoms with E-state index in [1.165, 1.54) is 4.90 Å². The first-order chi connectivity index (χ1) is 13.9. The van der Waals surface area contributed by atoms with Gasteiger partial charge in [-0.25, -0.2) is 4.79 Å². The second kappa shape index (κ2) is 8.82. The zero-order valence-corrected chi connectivity index (χ0v) is 16.8. The molecular weight excluding hydrogens is 376 g/mol. The number of amides is 2. The van der Waals surface area contributed by atoms with Gasteiger partial charge in [0.05, 0.1) is 19.8 Å². The van der Waals surface area contributed by atoms with Crippen LogP contribution in [0.25, 0.3) is 0 Å². The molecule has 29 heavy (non-hydrogen) atoms. The van der Waals surface area contributed by atoms with E-state index in [9.17, 15) is 19.5 Å². The third-order valence-corrected chi connectivity index (χ3v) is 6.05. The summed E-state index contributed by atoms with van der Waals surface area (Å²) >= 11 is 0. The summed E-state index contributed by atoms with van der Waals surface area (Å²) in [4.78, 5) is 37.8. The summed E-state index contributed by atoms with van der Waals surface area (Å²) in [5, 5.41) is 12.1.